The Morgan fingerprint density at radius 3 is 2.80 bits per heavy atom. The predicted octanol–water partition coefficient (Wildman–Crippen LogP) is 3.47. The normalized spacial score (nSPS) is 10.8. The fraction of sp³-hybridized carbons (Fsp3) is 0.250. The summed E-state index contributed by atoms with van der Waals surface area (Å²) in [5, 5.41) is 10.1. The van der Waals surface area contributed by atoms with Gasteiger partial charge in [0.1, 0.15) is 4.88 Å². The lowest BCUT2D eigenvalue weighted by molar-refractivity contribution is 0.0701. The molecule has 2 rings (SSSR count). The van der Waals surface area contributed by atoms with E-state index in [2.05, 4.69) is 19.1 Å². The number of rotatable bonds is 2. The zero-order valence-corrected chi connectivity index (χ0v) is 9.52. The lowest BCUT2D eigenvalue weighted by Gasteiger charge is -1.97. The molecule has 0 aliphatic carbocycles. The second kappa shape index (κ2) is 3.66. The van der Waals surface area contributed by atoms with E-state index in [9.17, 15) is 4.79 Å². The molecule has 0 bridgehead atoms. The van der Waals surface area contributed by atoms with E-state index in [0.717, 1.165) is 22.1 Å². The van der Waals surface area contributed by atoms with Gasteiger partial charge in [-0.05, 0) is 35.9 Å². The average molecular weight is 220 g/mol. The van der Waals surface area contributed by atoms with Gasteiger partial charge in [0.25, 0.3) is 0 Å². The molecule has 2 aromatic rings. The summed E-state index contributed by atoms with van der Waals surface area (Å²) >= 11 is 1.35. The summed E-state index contributed by atoms with van der Waals surface area (Å²) in [6.45, 7) is 3.97. The highest BCUT2D eigenvalue weighted by atomic mass is 32.1. The monoisotopic (exact) mass is 220 g/mol. The standard InChI is InChI=1S/C12H12O2S/c1-3-8-4-5-10-9(6-8)7(2)11(15-10)12(13)14/h4-6H,3H2,1-2H3,(H,13,14). The van der Waals surface area contributed by atoms with Crippen molar-refractivity contribution in [2.45, 2.75) is 20.3 Å². The van der Waals surface area contributed by atoms with Crippen molar-refractivity contribution in [3.05, 3.63) is 34.2 Å². The number of hydrogen-bond acceptors (Lipinski definition) is 2. The maximum absolute atomic E-state index is 11.0. The van der Waals surface area contributed by atoms with Crippen LogP contribution in [0.3, 0.4) is 0 Å². The summed E-state index contributed by atoms with van der Waals surface area (Å²) in [7, 11) is 0. The number of aromatic carboxylic acids is 1. The van der Waals surface area contributed by atoms with Crippen molar-refractivity contribution in [3.8, 4) is 0 Å². The smallest absolute Gasteiger partial charge is 0.346 e. The Morgan fingerprint density at radius 2 is 2.20 bits per heavy atom. The van der Waals surface area contributed by atoms with Gasteiger partial charge in [0.05, 0.1) is 0 Å². The fourth-order valence-corrected chi connectivity index (χ4v) is 2.72. The topological polar surface area (TPSA) is 37.3 Å². The van der Waals surface area contributed by atoms with Crippen LogP contribution in [0.15, 0.2) is 18.2 Å². The zero-order chi connectivity index (χ0) is 11.0. The Hall–Kier alpha value is -1.35. The van der Waals surface area contributed by atoms with E-state index in [4.69, 9.17) is 5.11 Å². The van der Waals surface area contributed by atoms with Gasteiger partial charge in [0, 0.05) is 4.70 Å². The predicted molar refractivity (Wildman–Crippen MR) is 62.9 cm³/mol. The zero-order valence-electron chi connectivity index (χ0n) is 8.70. The van der Waals surface area contributed by atoms with Crippen LogP contribution in [0, 0.1) is 6.92 Å². The van der Waals surface area contributed by atoms with Crippen LogP contribution in [0.1, 0.15) is 27.7 Å². The molecule has 0 saturated heterocycles. The molecule has 0 spiro atoms. The van der Waals surface area contributed by atoms with Gasteiger partial charge in [0.15, 0.2) is 0 Å². The highest BCUT2D eigenvalue weighted by Crippen LogP contribution is 2.31. The SMILES string of the molecule is CCc1ccc2sc(C(=O)O)c(C)c2c1. The molecule has 1 heterocycles. The molecule has 3 heteroatoms. The Morgan fingerprint density at radius 1 is 1.47 bits per heavy atom. The van der Waals surface area contributed by atoms with E-state index < -0.39 is 5.97 Å². The Bertz CT molecular complexity index is 526. The van der Waals surface area contributed by atoms with Gasteiger partial charge in [-0.25, -0.2) is 4.79 Å². The first kappa shape index (κ1) is 10.2. The van der Waals surface area contributed by atoms with Crippen molar-refractivity contribution in [2.24, 2.45) is 0 Å². The molecular weight excluding hydrogens is 208 g/mol. The Labute approximate surface area is 92.2 Å². The van der Waals surface area contributed by atoms with Gasteiger partial charge < -0.3 is 5.11 Å². The van der Waals surface area contributed by atoms with Crippen molar-refractivity contribution in [1.29, 1.82) is 0 Å². The summed E-state index contributed by atoms with van der Waals surface area (Å²) in [4.78, 5) is 11.4. The summed E-state index contributed by atoms with van der Waals surface area (Å²) in [5.41, 5.74) is 2.14. The van der Waals surface area contributed by atoms with Gasteiger partial charge >= 0.3 is 5.97 Å². The number of carbonyl (C=O) groups is 1. The number of benzene rings is 1. The molecular formula is C12H12O2S. The number of aryl methyl sites for hydroxylation is 2. The summed E-state index contributed by atoms with van der Waals surface area (Å²) in [5.74, 6) is -0.827. The first-order valence-corrected chi connectivity index (χ1v) is 5.70. The highest BCUT2D eigenvalue weighted by Gasteiger charge is 2.13. The fourth-order valence-electron chi connectivity index (χ4n) is 1.69. The van der Waals surface area contributed by atoms with Gasteiger partial charge in [0.2, 0.25) is 0 Å². The second-order valence-electron chi connectivity index (χ2n) is 3.55. The molecule has 0 unspecified atom stereocenters. The van der Waals surface area contributed by atoms with Crippen molar-refractivity contribution < 1.29 is 9.90 Å². The van der Waals surface area contributed by atoms with Gasteiger partial charge in [-0.2, -0.15) is 0 Å². The highest BCUT2D eigenvalue weighted by molar-refractivity contribution is 7.21. The molecule has 1 N–H and O–H groups in total. The van der Waals surface area contributed by atoms with Crippen LogP contribution in [0.5, 0.6) is 0 Å². The minimum absolute atomic E-state index is 0.457. The maximum Gasteiger partial charge on any atom is 0.346 e. The molecule has 0 radical (unpaired) electrons. The first-order valence-electron chi connectivity index (χ1n) is 4.88. The molecule has 15 heavy (non-hydrogen) atoms. The molecule has 0 aliphatic heterocycles. The molecule has 0 amide bonds. The van der Waals surface area contributed by atoms with Crippen LogP contribution in [-0.4, -0.2) is 11.1 Å². The first-order chi connectivity index (χ1) is 7.13. The molecule has 2 nitrogen and oxygen atoms in total. The lowest BCUT2D eigenvalue weighted by Crippen LogP contribution is -1.93. The van der Waals surface area contributed by atoms with E-state index in [-0.39, 0.29) is 0 Å². The van der Waals surface area contributed by atoms with Crippen LogP contribution >= 0.6 is 11.3 Å². The number of hydrogen-bond donors (Lipinski definition) is 1. The third-order valence-electron chi connectivity index (χ3n) is 2.60. The number of carboxylic acid groups (broad SMARTS) is 1. The third-order valence-corrected chi connectivity index (χ3v) is 3.86. The van der Waals surface area contributed by atoms with Crippen molar-refractivity contribution in [2.75, 3.05) is 0 Å². The van der Waals surface area contributed by atoms with E-state index in [1.807, 2.05) is 13.0 Å². The molecule has 0 aliphatic rings. The molecule has 1 aromatic carbocycles. The Kier molecular flexibility index (Phi) is 2.49. The lowest BCUT2D eigenvalue weighted by atomic mass is 10.1. The molecule has 1 aromatic heterocycles. The van der Waals surface area contributed by atoms with Crippen LogP contribution in [0.4, 0.5) is 0 Å². The molecule has 0 fully saturated rings. The van der Waals surface area contributed by atoms with Crippen LogP contribution < -0.4 is 0 Å². The van der Waals surface area contributed by atoms with E-state index in [1.165, 1.54) is 16.9 Å². The summed E-state index contributed by atoms with van der Waals surface area (Å²) < 4.78 is 1.06. The van der Waals surface area contributed by atoms with Crippen molar-refractivity contribution >= 4 is 27.4 Å². The quantitative estimate of drug-likeness (QED) is 0.841. The van der Waals surface area contributed by atoms with E-state index in [0.29, 0.717) is 4.88 Å². The van der Waals surface area contributed by atoms with Gasteiger partial charge in [-0.1, -0.05) is 19.1 Å². The minimum atomic E-state index is -0.827. The Balaban J connectivity index is 2.72. The van der Waals surface area contributed by atoms with E-state index >= 15 is 0 Å². The average Bonchev–Trinajstić information content (AvgIpc) is 2.56. The summed E-state index contributed by atoms with van der Waals surface area (Å²) in [6, 6.07) is 6.16. The largest absolute Gasteiger partial charge is 0.477 e. The number of carboxylic acids is 1. The van der Waals surface area contributed by atoms with Gasteiger partial charge in [-0.15, -0.1) is 11.3 Å². The van der Waals surface area contributed by atoms with Crippen LogP contribution in [0.2, 0.25) is 0 Å². The number of fused-ring (bicyclic) bond motifs is 1. The minimum Gasteiger partial charge on any atom is -0.477 e. The van der Waals surface area contributed by atoms with Crippen LogP contribution in [-0.2, 0) is 6.42 Å². The number of thiophene rings is 1. The van der Waals surface area contributed by atoms with Gasteiger partial charge in [-0.3, -0.25) is 0 Å². The van der Waals surface area contributed by atoms with Crippen molar-refractivity contribution in [1.82, 2.24) is 0 Å². The third kappa shape index (κ3) is 1.63. The van der Waals surface area contributed by atoms with Crippen LogP contribution in [0.25, 0.3) is 10.1 Å². The molecule has 0 atom stereocenters. The second-order valence-corrected chi connectivity index (χ2v) is 4.60. The molecule has 0 saturated carbocycles. The maximum atomic E-state index is 11.0. The van der Waals surface area contributed by atoms with E-state index in [1.54, 1.807) is 0 Å². The molecule has 78 valence electrons. The van der Waals surface area contributed by atoms with Crippen molar-refractivity contribution in [3.63, 3.8) is 0 Å². The summed E-state index contributed by atoms with van der Waals surface area (Å²) in [6.07, 6.45) is 0.980.